The molecule has 0 spiro atoms. The zero-order chi connectivity index (χ0) is 24.4. The van der Waals surface area contributed by atoms with Crippen molar-refractivity contribution in [1.82, 2.24) is 25.2 Å². The summed E-state index contributed by atoms with van der Waals surface area (Å²) >= 11 is 0. The van der Waals surface area contributed by atoms with Gasteiger partial charge in [-0.1, -0.05) is 0 Å². The first-order valence-electron chi connectivity index (χ1n) is 10.6. The maximum absolute atomic E-state index is 14.3. The average Bonchev–Trinajstić information content (AvgIpc) is 2.81. The van der Waals surface area contributed by atoms with Gasteiger partial charge >= 0.3 is 6.61 Å². The quantitative estimate of drug-likeness (QED) is 0.525. The number of piperazine rings is 1. The number of H-pyrrole nitrogens is 1. The number of anilines is 1. The number of nitrogens with one attached hydrogen (secondary N) is 2. The summed E-state index contributed by atoms with van der Waals surface area (Å²) in [6.45, 7) is 0.664. The molecule has 3 aromatic rings. The van der Waals surface area contributed by atoms with Crippen molar-refractivity contribution < 1.29 is 22.7 Å². The Bertz CT molecular complexity index is 1270. The lowest BCUT2D eigenvalue weighted by atomic mass is 10.1. The fraction of sp³-hybridized carbons (Fsp3) is 0.364. The van der Waals surface area contributed by atoms with Crippen LogP contribution < -0.4 is 20.5 Å². The van der Waals surface area contributed by atoms with Gasteiger partial charge in [0.15, 0.2) is 0 Å². The minimum absolute atomic E-state index is 0.0163. The fourth-order valence-electron chi connectivity index (χ4n) is 3.89. The van der Waals surface area contributed by atoms with Crippen LogP contribution in [-0.2, 0) is 6.54 Å². The van der Waals surface area contributed by atoms with Crippen molar-refractivity contribution in [3.05, 3.63) is 57.5 Å². The van der Waals surface area contributed by atoms with Crippen LogP contribution in [-0.4, -0.2) is 65.6 Å². The van der Waals surface area contributed by atoms with Gasteiger partial charge in [-0.2, -0.15) is 13.2 Å². The fourth-order valence-corrected chi connectivity index (χ4v) is 3.89. The number of aromatic nitrogens is 3. The molecule has 1 aliphatic rings. The van der Waals surface area contributed by atoms with E-state index in [-0.39, 0.29) is 40.7 Å². The molecule has 34 heavy (non-hydrogen) atoms. The highest BCUT2D eigenvalue weighted by Gasteiger charge is 2.23. The van der Waals surface area contributed by atoms with E-state index in [1.54, 1.807) is 11.0 Å². The standard InChI is InChI=1S/C22H23F3N6O3/c1-12-20(32)29-15-7-14(18(34-22(24)25)9-16(15)28-12)11-30-3-5-31(6-4-30)17-8-13(21(33)26-2)10-27-19(17)23/h7-10,22H,3-6,11H2,1-2H3,(H,26,33)(H,29,32). The number of aromatic amines is 1. The third-order valence-corrected chi connectivity index (χ3v) is 5.68. The van der Waals surface area contributed by atoms with Crippen molar-refractivity contribution in [2.24, 2.45) is 0 Å². The van der Waals surface area contributed by atoms with E-state index in [0.29, 0.717) is 42.8 Å². The number of rotatable bonds is 6. The summed E-state index contributed by atoms with van der Waals surface area (Å²) in [4.78, 5) is 38.1. The monoisotopic (exact) mass is 476 g/mol. The Morgan fingerprint density at radius 2 is 1.97 bits per heavy atom. The lowest BCUT2D eigenvalue weighted by Crippen LogP contribution is -2.46. The molecule has 2 N–H and O–H groups in total. The van der Waals surface area contributed by atoms with Crippen molar-refractivity contribution in [2.75, 3.05) is 38.1 Å². The van der Waals surface area contributed by atoms with E-state index in [2.05, 4.69) is 20.3 Å². The van der Waals surface area contributed by atoms with Crippen LogP contribution in [0.2, 0.25) is 0 Å². The Hall–Kier alpha value is -3.67. The highest BCUT2D eigenvalue weighted by Crippen LogP contribution is 2.28. The van der Waals surface area contributed by atoms with Gasteiger partial charge in [-0.25, -0.2) is 9.97 Å². The van der Waals surface area contributed by atoms with Gasteiger partial charge < -0.3 is 19.9 Å². The maximum Gasteiger partial charge on any atom is 0.387 e. The van der Waals surface area contributed by atoms with E-state index < -0.39 is 12.6 Å². The first-order valence-corrected chi connectivity index (χ1v) is 10.6. The predicted octanol–water partition coefficient (Wildman–Crippen LogP) is 2.05. The van der Waals surface area contributed by atoms with E-state index in [4.69, 9.17) is 4.74 Å². The second-order valence-electron chi connectivity index (χ2n) is 7.88. The van der Waals surface area contributed by atoms with Crippen molar-refractivity contribution in [2.45, 2.75) is 20.1 Å². The molecule has 0 saturated carbocycles. The lowest BCUT2D eigenvalue weighted by Gasteiger charge is -2.36. The third kappa shape index (κ3) is 4.96. The van der Waals surface area contributed by atoms with Crippen molar-refractivity contribution in [1.29, 1.82) is 0 Å². The highest BCUT2D eigenvalue weighted by molar-refractivity contribution is 5.94. The molecule has 0 bridgehead atoms. The number of benzene rings is 1. The molecule has 1 aliphatic heterocycles. The van der Waals surface area contributed by atoms with Crippen LogP contribution in [0.3, 0.4) is 0 Å². The van der Waals surface area contributed by atoms with Crippen LogP contribution in [0.1, 0.15) is 21.6 Å². The molecule has 3 heterocycles. The normalized spacial score (nSPS) is 14.6. The van der Waals surface area contributed by atoms with E-state index >= 15 is 0 Å². The second kappa shape index (κ2) is 9.67. The summed E-state index contributed by atoms with van der Waals surface area (Å²) in [5, 5.41) is 2.48. The Morgan fingerprint density at radius 1 is 1.24 bits per heavy atom. The van der Waals surface area contributed by atoms with E-state index in [0.717, 1.165) is 0 Å². The molecular weight excluding hydrogens is 453 g/mol. The molecule has 12 heteroatoms. The first kappa shape index (κ1) is 23.5. The van der Waals surface area contributed by atoms with Crippen molar-refractivity contribution >= 4 is 22.6 Å². The number of halogens is 3. The largest absolute Gasteiger partial charge is 0.434 e. The molecule has 0 radical (unpaired) electrons. The number of amides is 1. The van der Waals surface area contributed by atoms with Crippen LogP contribution in [0.25, 0.3) is 11.0 Å². The number of ether oxygens (including phenoxy) is 1. The molecule has 9 nitrogen and oxygen atoms in total. The summed E-state index contributed by atoms with van der Waals surface area (Å²) in [7, 11) is 1.48. The average molecular weight is 476 g/mol. The zero-order valence-electron chi connectivity index (χ0n) is 18.6. The number of hydrogen-bond acceptors (Lipinski definition) is 7. The summed E-state index contributed by atoms with van der Waals surface area (Å²) in [6.07, 6.45) is 1.18. The number of nitrogens with zero attached hydrogens (tertiary/aromatic N) is 4. The number of hydrogen-bond donors (Lipinski definition) is 2. The molecule has 0 atom stereocenters. The van der Waals surface area contributed by atoms with E-state index in [9.17, 15) is 22.8 Å². The number of alkyl halides is 2. The highest BCUT2D eigenvalue weighted by atomic mass is 19.3. The summed E-state index contributed by atoms with van der Waals surface area (Å²) in [5.41, 5.74) is 1.59. The summed E-state index contributed by atoms with van der Waals surface area (Å²) in [6, 6.07) is 4.44. The molecular formula is C22H23F3N6O3. The predicted molar refractivity (Wildman–Crippen MR) is 119 cm³/mol. The van der Waals surface area contributed by atoms with Gasteiger partial charge in [0.2, 0.25) is 5.95 Å². The molecule has 2 aromatic heterocycles. The summed E-state index contributed by atoms with van der Waals surface area (Å²) in [5.74, 6) is -1.05. The lowest BCUT2D eigenvalue weighted by molar-refractivity contribution is -0.0507. The first-order chi connectivity index (χ1) is 16.2. The van der Waals surface area contributed by atoms with E-state index in [1.807, 2.05) is 4.90 Å². The number of pyridine rings is 1. The van der Waals surface area contributed by atoms with Crippen LogP contribution in [0.5, 0.6) is 5.75 Å². The molecule has 1 fully saturated rings. The van der Waals surface area contributed by atoms with E-state index in [1.165, 1.54) is 32.3 Å². The Balaban J connectivity index is 1.53. The molecule has 0 unspecified atom stereocenters. The van der Waals surface area contributed by atoms with Gasteiger partial charge in [-0.15, -0.1) is 0 Å². The van der Waals surface area contributed by atoms with Gasteiger partial charge in [0.1, 0.15) is 11.4 Å². The van der Waals surface area contributed by atoms with Crippen molar-refractivity contribution in [3.63, 3.8) is 0 Å². The SMILES string of the molecule is CNC(=O)c1cnc(F)c(N2CCN(Cc3cc4[nH]c(=O)c(C)nc4cc3OC(F)F)CC2)c1. The number of aryl methyl sites for hydroxylation is 1. The Kier molecular flexibility index (Phi) is 6.68. The molecule has 0 aliphatic carbocycles. The van der Waals surface area contributed by atoms with Gasteiger partial charge in [0, 0.05) is 57.6 Å². The summed E-state index contributed by atoms with van der Waals surface area (Å²) < 4.78 is 45.1. The number of carbonyl (C=O) groups is 1. The number of carbonyl (C=O) groups excluding carboxylic acids is 1. The van der Waals surface area contributed by atoms with Gasteiger partial charge in [0.25, 0.3) is 11.5 Å². The van der Waals surface area contributed by atoms with Crippen LogP contribution in [0.4, 0.5) is 18.9 Å². The molecule has 1 saturated heterocycles. The minimum atomic E-state index is -3.01. The topological polar surface area (TPSA) is 103 Å². The van der Waals surface area contributed by atoms with Crippen LogP contribution in [0, 0.1) is 12.9 Å². The molecule has 1 aromatic carbocycles. The van der Waals surface area contributed by atoms with Crippen molar-refractivity contribution in [3.8, 4) is 5.75 Å². The Labute approximate surface area is 192 Å². The van der Waals surface area contributed by atoms with Gasteiger partial charge in [-0.3, -0.25) is 14.5 Å². The molecule has 180 valence electrons. The smallest absolute Gasteiger partial charge is 0.387 e. The van der Waals surface area contributed by atoms with Gasteiger partial charge in [-0.05, 0) is 19.1 Å². The van der Waals surface area contributed by atoms with Crippen LogP contribution in [0.15, 0.2) is 29.2 Å². The zero-order valence-corrected chi connectivity index (χ0v) is 18.6. The molecule has 4 rings (SSSR count). The number of fused-ring (bicyclic) bond motifs is 1. The maximum atomic E-state index is 14.3. The van der Waals surface area contributed by atoms with Gasteiger partial charge in [0.05, 0.1) is 22.3 Å². The molecule has 1 amide bonds. The Morgan fingerprint density at radius 3 is 2.65 bits per heavy atom. The van der Waals surface area contributed by atoms with Crippen LogP contribution >= 0.6 is 0 Å². The third-order valence-electron chi connectivity index (χ3n) is 5.68. The minimum Gasteiger partial charge on any atom is -0.434 e. The second-order valence-corrected chi connectivity index (χ2v) is 7.88.